The van der Waals surface area contributed by atoms with Gasteiger partial charge in [0.15, 0.2) is 0 Å². The molecule has 11 heteroatoms. The molecule has 3 aromatic carbocycles. The maximum Gasteiger partial charge on any atom is 0.342 e. The molecule has 196 valence electrons. The Hall–Kier alpha value is -4.51. The van der Waals surface area contributed by atoms with Crippen LogP contribution in [0.25, 0.3) is 17.1 Å². The third kappa shape index (κ3) is 6.43. The fraction of sp³-hybridized carbons (Fsp3) is 0.185. The van der Waals surface area contributed by atoms with E-state index in [-0.39, 0.29) is 23.2 Å². The van der Waals surface area contributed by atoms with Gasteiger partial charge in [-0.3, -0.25) is 4.79 Å². The summed E-state index contributed by atoms with van der Waals surface area (Å²) in [6, 6.07) is 19.7. The summed E-state index contributed by atoms with van der Waals surface area (Å²) in [5, 5.41) is 23.9. The van der Waals surface area contributed by atoms with Crippen LogP contribution in [0.2, 0.25) is 0 Å². The van der Waals surface area contributed by atoms with Gasteiger partial charge < -0.3 is 19.3 Å². The molecule has 4 aromatic rings. The van der Waals surface area contributed by atoms with Crippen LogP contribution in [0, 0.1) is 0 Å². The summed E-state index contributed by atoms with van der Waals surface area (Å²) in [5.74, 6) is 2.01. The lowest BCUT2D eigenvalue weighted by Gasteiger charge is -2.13. The smallest absolute Gasteiger partial charge is 0.342 e. The van der Waals surface area contributed by atoms with Crippen LogP contribution >= 0.6 is 11.8 Å². The van der Waals surface area contributed by atoms with Gasteiger partial charge >= 0.3 is 5.16 Å². The largest absolute Gasteiger partial charge is 0.870 e. The highest BCUT2D eigenvalue weighted by atomic mass is 32.2. The Balaban J connectivity index is 1.49. The van der Waals surface area contributed by atoms with Gasteiger partial charge in [-0.25, -0.2) is 5.43 Å². The summed E-state index contributed by atoms with van der Waals surface area (Å²) in [5.41, 5.74) is 4.88. The van der Waals surface area contributed by atoms with Crippen LogP contribution < -0.4 is 29.3 Å². The number of aromatic amines is 1. The molecule has 10 nitrogen and oxygen atoms in total. The van der Waals surface area contributed by atoms with E-state index in [9.17, 15) is 9.90 Å². The predicted octanol–water partition coefficient (Wildman–Crippen LogP) is 3.09. The van der Waals surface area contributed by atoms with Crippen LogP contribution in [0.4, 0.5) is 0 Å². The number of thioether (sulfide) groups is 1. The molecule has 1 amide bonds. The van der Waals surface area contributed by atoms with E-state index in [1.807, 2.05) is 53.1 Å². The van der Waals surface area contributed by atoms with Crippen molar-refractivity contribution in [3.05, 3.63) is 72.3 Å². The van der Waals surface area contributed by atoms with Gasteiger partial charge in [0.1, 0.15) is 22.9 Å². The molecule has 0 atom stereocenters. The summed E-state index contributed by atoms with van der Waals surface area (Å²) in [6.45, 7) is 2.18. The molecule has 0 unspecified atom stereocenters. The minimum Gasteiger partial charge on any atom is -0.870 e. The maximum absolute atomic E-state index is 12.5. The fourth-order valence-corrected chi connectivity index (χ4v) is 4.28. The number of aromatic nitrogens is 3. The van der Waals surface area contributed by atoms with E-state index in [0.29, 0.717) is 17.3 Å². The zero-order chi connectivity index (χ0) is 26.9. The summed E-state index contributed by atoms with van der Waals surface area (Å²) in [6.07, 6.45) is 1.46. The Bertz CT molecular complexity index is 1400. The van der Waals surface area contributed by atoms with Crippen LogP contribution in [-0.2, 0) is 4.79 Å². The highest BCUT2D eigenvalue weighted by Crippen LogP contribution is 2.24. The van der Waals surface area contributed by atoms with Gasteiger partial charge in [-0.15, -0.1) is 5.10 Å². The van der Waals surface area contributed by atoms with Gasteiger partial charge in [0.05, 0.1) is 43.5 Å². The van der Waals surface area contributed by atoms with Crippen molar-refractivity contribution in [3.63, 3.8) is 0 Å². The lowest BCUT2D eigenvalue weighted by molar-refractivity contribution is -0.625. The number of hydrogen-bond acceptors (Lipinski definition) is 8. The SMILES string of the molecule is CCOc1cc(/C=N/NC(=O)CSc2n[nH]c(-c3ccc(OC)cc3)[n+]2-c2ccc(OC)cc2)ccc1[O-]. The first-order chi connectivity index (χ1) is 18.5. The minimum atomic E-state index is -0.313. The number of amides is 1. The number of carbonyl (C=O) groups is 1. The van der Waals surface area contributed by atoms with E-state index in [0.717, 1.165) is 28.6 Å². The van der Waals surface area contributed by atoms with Crippen molar-refractivity contribution >= 4 is 23.9 Å². The second kappa shape index (κ2) is 12.6. The number of nitrogens with zero attached hydrogens (tertiary/aromatic N) is 3. The first-order valence-corrected chi connectivity index (χ1v) is 12.7. The van der Waals surface area contributed by atoms with Crippen molar-refractivity contribution < 1.29 is 28.7 Å². The predicted molar refractivity (Wildman–Crippen MR) is 142 cm³/mol. The van der Waals surface area contributed by atoms with Crippen molar-refractivity contribution in [2.24, 2.45) is 5.10 Å². The Morgan fingerprint density at radius 2 is 1.76 bits per heavy atom. The van der Waals surface area contributed by atoms with Gasteiger partial charge in [0.25, 0.3) is 11.7 Å². The average molecular weight is 534 g/mol. The van der Waals surface area contributed by atoms with Crippen molar-refractivity contribution in [1.29, 1.82) is 0 Å². The number of benzene rings is 3. The molecule has 0 spiro atoms. The maximum atomic E-state index is 12.5. The summed E-state index contributed by atoms with van der Waals surface area (Å²) in [4.78, 5) is 12.5. The number of hydrazone groups is 1. The molecule has 0 radical (unpaired) electrons. The number of methoxy groups -OCH3 is 2. The van der Waals surface area contributed by atoms with Gasteiger partial charge in [-0.2, -0.15) is 9.67 Å². The number of hydrogen-bond donors (Lipinski definition) is 2. The normalized spacial score (nSPS) is 10.9. The van der Waals surface area contributed by atoms with Crippen molar-refractivity contribution in [2.45, 2.75) is 12.1 Å². The van der Waals surface area contributed by atoms with Crippen molar-refractivity contribution in [1.82, 2.24) is 15.6 Å². The monoisotopic (exact) mass is 533 g/mol. The van der Waals surface area contributed by atoms with Gasteiger partial charge in [-0.1, -0.05) is 17.9 Å². The lowest BCUT2D eigenvalue weighted by atomic mass is 10.2. The molecule has 0 bridgehead atoms. The Morgan fingerprint density at radius 1 is 1.08 bits per heavy atom. The van der Waals surface area contributed by atoms with Crippen molar-refractivity contribution in [2.75, 3.05) is 26.6 Å². The molecule has 0 aliphatic rings. The molecule has 0 aliphatic carbocycles. The van der Waals surface area contributed by atoms with E-state index < -0.39 is 0 Å². The molecule has 0 saturated heterocycles. The number of H-pyrrole nitrogens is 1. The third-order valence-electron chi connectivity index (χ3n) is 5.37. The molecule has 1 heterocycles. The first-order valence-electron chi connectivity index (χ1n) is 11.7. The second-order valence-corrected chi connectivity index (χ2v) is 8.78. The number of nitrogens with one attached hydrogen (secondary N) is 2. The van der Waals surface area contributed by atoms with E-state index in [1.165, 1.54) is 24.0 Å². The molecule has 0 saturated carbocycles. The quantitative estimate of drug-likeness (QED) is 0.131. The van der Waals surface area contributed by atoms with Gasteiger partial charge in [0.2, 0.25) is 0 Å². The zero-order valence-corrected chi connectivity index (χ0v) is 22.0. The van der Waals surface area contributed by atoms with Crippen LogP contribution in [-0.4, -0.2) is 48.9 Å². The molecule has 1 aromatic heterocycles. The van der Waals surface area contributed by atoms with Gasteiger partial charge in [-0.05, 0) is 78.8 Å². The van der Waals surface area contributed by atoms with E-state index in [1.54, 1.807) is 33.3 Å². The Kier molecular flexibility index (Phi) is 8.83. The highest BCUT2D eigenvalue weighted by molar-refractivity contribution is 7.99. The molecule has 38 heavy (non-hydrogen) atoms. The van der Waals surface area contributed by atoms with Crippen LogP contribution in [0.15, 0.2) is 77.0 Å². The highest BCUT2D eigenvalue weighted by Gasteiger charge is 2.24. The number of rotatable bonds is 11. The number of ether oxygens (including phenoxy) is 3. The van der Waals surface area contributed by atoms with Crippen LogP contribution in [0.1, 0.15) is 12.5 Å². The Labute approximate surface area is 224 Å². The topological polar surface area (TPSA) is 125 Å². The molecular weight excluding hydrogens is 506 g/mol. The molecule has 4 rings (SSSR count). The lowest BCUT2D eigenvalue weighted by Crippen LogP contribution is -2.34. The zero-order valence-electron chi connectivity index (χ0n) is 21.1. The van der Waals surface area contributed by atoms with E-state index >= 15 is 0 Å². The molecule has 2 N–H and O–H groups in total. The third-order valence-corrected chi connectivity index (χ3v) is 6.31. The van der Waals surface area contributed by atoms with Gasteiger partial charge in [0, 0.05) is 0 Å². The fourth-order valence-electron chi connectivity index (χ4n) is 3.52. The summed E-state index contributed by atoms with van der Waals surface area (Å²) >= 11 is 1.26. The molecule has 0 aliphatic heterocycles. The standard InChI is InChI=1S/C27H27N5O5S/c1-4-37-24-15-18(5-14-23(24)33)16-28-29-25(34)17-38-27-31-30-26(19-6-10-21(35-2)11-7-19)32(27)20-8-12-22(36-3)13-9-20/h5-16H,4,17H2,1-3H3,(H2,28,29,33,34). The molecule has 0 fully saturated rings. The summed E-state index contributed by atoms with van der Waals surface area (Å²) in [7, 11) is 3.23. The Morgan fingerprint density at radius 3 is 2.42 bits per heavy atom. The molecular formula is C27H27N5O5S. The second-order valence-electron chi connectivity index (χ2n) is 7.84. The van der Waals surface area contributed by atoms with E-state index in [2.05, 4.69) is 20.7 Å². The van der Waals surface area contributed by atoms with Crippen LogP contribution in [0.3, 0.4) is 0 Å². The minimum absolute atomic E-state index is 0.0735. The average Bonchev–Trinajstić information content (AvgIpc) is 3.37. The first kappa shape index (κ1) is 26.6. The van der Waals surface area contributed by atoms with Crippen molar-refractivity contribution in [3.8, 4) is 40.1 Å². The number of carbonyl (C=O) groups excluding carboxylic acids is 1. The van der Waals surface area contributed by atoms with Crippen LogP contribution in [0.5, 0.6) is 23.0 Å². The summed E-state index contributed by atoms with van der Waals surface area (Å²) < 4.78 is 17.8. The van der Waals surface area contributed by atoms with E-state index in [4.69, 9.17) is 14.2 Å².